The van der Waals surface area contributed by atoms with Crippen molar-refractivity contribution in [3.63, 3.8) is 0 Å². The molecule has 2 rings (SSSR count). The lowest BCUT2D eigenvalue weighted by Crippen LogP contribution is -2.21. The van der Waals surface area contributed by atoms with Crippen molar-refractivity contribution in [1.29, 1.82) is 0 Å². The maximum atomic E-state index is 4.38. The quantitative estimate of drug-likeness (QED) is 0.486. The molecule has 0 radical (unpaired) electrons. The fourth-order valence-corrected chi connectivity index (χ4v) is 3.77. The van der Waals surface area contributed by atoms with E-state index in [-0.39, 0.29) is 0 Å². The molecule has 0 amide bonds. The first-order valence-corrected chi connectivity index (χ1v) is 8.86. The molecule has 0 N–H and O–H groups in total. The van der Waals surface area contributed by atoms with Gasteiger partial charge in [-0.15, -0.1) is 5.11 Å². The molecule has 0 saturated carbocycles. The van der Waals surface area contributed by atoms with Gasteiger partial charge >= 0.3 is 0 Å². The van der Waals surface area contributed by atoms with E-state index in [1.54, 1.807) is 0 Å². The van der Waals surface area contributed by atoms with E-state index in [0.717, 1.165) is 39.0 Å². The number of hydrogen-bond donors (Lipinski definition) is 0. The van der Waals surface area contributed by atoms with Crippen molar-refractivity contribution in [2.75, 3.05) is 18.0 Å². The predicted molar refractivity (Wildman–Crippen MR) is 101 cm³/mol. The Hall–Kier alpha value is -1.20. The van der Waals surface area contributed by atoms with Gasteiger partial charge in [0.25, 0.3) is 0 Å². The number of anilines is 1. The van der Waals surface area contributed by atoms with Crippen LogP contribution in [0, 0.1) is 6.92 Å². The predicted octanol–water partition coefficient (Wildman–Crippen LogP) is 6.78. The molecular weight excluding hydrogens is 406 g/mol. The molecule has 3 nitrogen and oxygen atoms in total. The molecule has 0 fully saturated rings. The van der Waals surface area contributed by atoms with E-state index in [0.29, 0.717) is 0 Å². The highest BCUT2D eigenvalue weighted by molar-refractivity contribution is 9.11. The molecular formula is C17H19Br2N3. The molecule has 0 bridgehead atoms. The van der Waals surface area contributed by atoms with Gasteiger partial charge in [-0.25, -0.2) is 0 Å². The van der Waals surface area contributed by atoms with Gasteiger partial charge in [0.15, 0.2) is 0 Å². The van der Waals surface area contributed by atoms with Gasteiger partial charge in [0.2, 0.25) is 0 Å². The van der Waals surface area contributed by atoms with E-state index >= 15 is 0 Å². The lowest BCUT2D eigenvalue weighted by molar-refractivity contribution is 0.866. The van der Waals surface area contributed by atoms with Gasteiger partial charge in [-0.2, -0.15) is 5.11 Å². The molecule has 0 aliphatic carbocycles. The molecule has 0 aromatic heterocycles. The average molecular weight is 425 g/mol. The molecule has 0 spiro atoms. The summed E-state index contributed by atoms with van der Waals surface area (Å²) in [5, 5.41) is 8.72. The Morgan fingerprint density at radius 3 is 2.14 bits per heavy atom. The third kappa shape index (κ3) is 4.17. The maximum Gasteiger partial charge on any atom is 0.103 e. The summed E-state index contributed by atoms with van der Waals surface area (Å²) in [5.41, 5.74) is 4.00. The molecule has 22 heavy (non-hydrogen) atoms. The first-order chi connectivity index (χ1) is 10.5. The largest absolute Gasteiger partial charge is 0.372 e. The number of aryl methyl sites for hydroxylation is 1. The summed E-state index contributed by atoms with van der Waals surface area (Å²) in [6.07, 6.45) is 0. The van der Waals surface area contributed by atoms with Crippen molar-refractivity contribution in [3.05, 3.63) is 50.9 Å². The molecule has 5 heteroatoms. The van der Waals surface area contributed by atoms with E-state index < -0.39 is 0 Å². The molecule has 0 atom stereocenters. The van der Waals surface area contributed by atoms with Crippen molar-refractivity contribution in [1.82, 2.24) is 0 Å². The molecule has 0 unspecified atom stereocenters. The van der Waals surface area contributed by atoms with Crippen LogP contribution in [0.15, 0.2) is 55.6 Å². The van der Waals surface area contributed by atoms with E-state index in [4.69, 9.17) is 0 Å². The van der Waals surface area contributed by atoms with Gasteiger partial charge < -0.3 is 4.90 Å². The smallest absolute Gasteiger partial charge is 0.103 e. The van der Waals surface area contributed by atoms with Crippen molar-refractivity contribution in [2.45, 2.75) is 20.8 Å². The summed E-state index contributed by atoms with van der Waals surface area (Å²) in [4.78, 5) is 2.30. The highest BCUT2D eigenvalue weighted by atomic mass is 79.9. The van der Waals surface area contributed by atoms with Crippen LogP contribution in [0.25, 0.3) is 0 Å². The summed E-state index contributed by atoms with van der Waals surface area (Å²) in [6, 6.07) is 12.2. The van der Waals surface area contributed by atoms with Crippen LogP contribution in [0.5, 0.6) is 0 Å². The summed E-state index contributed by atoms with van der Waals surface area (Å²) >= 11 is 7.00. The number of halogens is 2. The molecule has 0 heterocycles. The fourth-order valence-electron chi connectivity index (χ4n) is 2.25. The summed E-state index contributed by atoms with van der Waals surface area (Å²) in [7, 11) is 0. The third-order valence-corrected chi connectivity index (χ3v) is 4.52. The molecule has 0 aliphatic rings. The number of benzene rings is 2. The molecule has 2 aromatic carbocycles. The van der Waals surface area contributed by atoms with Crippen LogP contribution in [0.3, 0.4) is 0 Å². The van der Waals surface area contributed by atoms with Crippen molar-refractivity contribution in [2.24, 2.45) is 10.2 Å². The topological polar surface area (TPSA) is 28.0 Å². The van der Waals surface area contributed by atoms with E-state index in [1.807, 2.05) is 31.2 Å². The van der Waals surface area contributed by atoms with Crippen LogP contribution in [-0.4, -0.2) is 13.1 Å². The second-order valence-corrected chi connectivity index (χ2v) is 6.71. The number of azo groups is 1. The van der Waals surface area contributed by atoms with Crippen molar-refractivity contribution < 1.29 is 0 Å². The second kappa shape index (κ2) is 7.88. The number of rotatable bonds is 5. The van der Waals surface area contributed by atoms with Crippen LogP contribution >= 0.6 is 31.9 Å². The van der Waals surface area contributed by atoms with Crippen LogP contribution in [0.1, 0.15) is 19.4 Å². The van der Waals surface area contributed by atoms with Gasteiger partial charge in [0.05, 0.1) is 5.69 Å². The van der Waals surface area contributed by atoms with E-state index in [9.17, 15) is 0 Å². The zero-order valence-corrected chi connectivity index (χ0v) is 16.1. The summed E-state index contributed by atoms with van der Waals surface area (Å²) in [5.74, 6) is 0. The zero-order chi connectivity index (χ0) is 16.1. The zero-order valence-electron chi connectivity index (χ0n) is 13.0. The Balaban J connectivity index is 2.21. The Morgan fingerprint density at radius 2 is 1.59 bits per heavy atom. The van der Waals surface area contributed by atoms with Crippen molar-refractivity contribution in [3.8, 4) is 0 Å². The third-order valence-electron chi connectivity index (χ3n) is 3.46. The SMILES string of the molecule is CCN(CC)c1ccc(N=Nc2c(C)cc(Br)cc2Br)cc1. The number of hydrogen-bond acceptors (Lipinski definition) is 3. The summed E-state index contributed by atoms with van der Waals surface area (Å²) < 4.78 is 1.96. The lowest BCUT2D eigenvalue weighted by atomic mass is 10.2. The van der Waals surface area contributed by atoms with Crippen LogP contribution in [0.2, 0.25) is 0 Å². The van der Waals surface area contributed by atoms with Gasteiger partial charge in [-0.3, -0.25) is 0 Å². The molecule has 0 saturated heterocycles. The van der Waals surface area contributed by atoms with Gasteiger partial charge in [0, 0.05) is 27.7 Å². The fraction of sp³-hybridized carbons (Fsp3) is 0.294. The molecule has 2 aromatic rings. The van der Waals surface area contributed by atoms with Gasteiger partial charge in [-0.1, -0.05) is 15.9 Å². The average Bonchev–Trinajstić information content (AvgIpc) is 2.49. The Labute approximate surface area is 148 Å². The first-order valence-electron chi connectivity index (χ1n) is 7.27. The van der Waals surface area contributed by atoms with Gasteiger partial charge in [-0.05, 0) is 78.7 Å². The Bertz CT molecular complexity index is 639. The first kappa shape index (κ1) is 17.2. The lowest BCUT2D eigenvalue weighted by Gasteiger charge is -2.20. The van der Waals surface area contributed by atoms with E-state index in [2.05, 4.69) is 73.0 Å². The summed E-state index contributed by atoms with van der Waals surface area (Å²) in [6.45, 7) is 8.34. The molecule has 116 valence electrons. The highest BCUT2D eigenvalue weighted by Gasteiger charge is 2.05. The van der Waals surface area contributed by atoms with Crippen LogP contribution in [0.4, 0.5) is 17.1 Å². The minimum absolute atomic E-state index is 0.852. The Kier molecular flexibility index (Phi) is 6.15. The minimum atomic E-state index is 0.852. The molecule has 0 aliphatic heterocycles. The normalized spacial score (nSPS) is 11.1. The van der Waals surface area contributed by atoms with Crippen LogP contribution < -0.4 is 4.90 Å². The standard InChI is InChI=1S/C17H19Br2N3/c1-4-22(5-2)15-8-6-14(7-9-15)20-21-17-12(3)10-13(18)11-16(17)19/h6-11H,4-5H2,1-3H3. The van der Waals surface area contributed by atoms with Gasteiger partial charge in [0.1, 0.15) is 5.69 Å². The number of nitrogens with zero attached hydrogens (tertiary/aromatic N) is 3. The maximum absolute atomic E-state index is 4.38. The Morgan fingerprint density at radius 1 is 0.955 bits per heavy atom. The monoisotopic (exact) mass is 423 g/mol. The minimum Gasteiger partial charge on any atom is -0.372 e. The van der Waals surface area contributed by atoms with Crippen molar-refractivity contribution >= 4 is 48.9 Å². The van der Waals surface area contributed by atoms with E-state index in [1.165, 1.54) is 5.69 Å². The second-order valence-electron chi connectivity index (χ2n) is 4.94. The van der Waals surface area contributed by atoms with Crippen LogP contribution in [-0.2, 0) is 0 Å². The highest BCUT2D eigenvalue weighted by Crippen LogP contribution is 2.33.